The first-order chi connectivity index (χ1) is 8.38. The minimum atomic E-state index is -1.21. The molecule has 0 aromatic carbocycles. The summed E-state index contributed by atoms with van der Waals surface area (Å²) in [5.74, 6) is -1.63. The molecule has 0 rings (SSSR count). The number of nitrogens with two attached hydrogens (primary N) is 2. The molecule has 0 fully saturated rings. The van der Waals surface area contributed by atoms with Gasteiger partial charge in [0.2, 0.25) is 11.8 Å². The summed E-state index contributed by atoms with van der Waals surface area (Å²) in [7, 11) is 0. The van der Waals surface area contributed by atoms with E-state index in [2.05, 4.69) is 5.32 Å². The van der Waals surface area contributed by atoms with E-state index in [9.17, 15) is 14.4 Å². The molecule has 0 aliphatic rings. The van der Waals surface area contributed by atoms with Crippen molar-refractivity contribution in [3.8, 4) is 0 Å². The second-order valence-electron chi connectivity index (χ2n) is 3.79. The molecule has 0 radical (unpaired) electrons. The number of carboxylic acid groups (broad SMARTS) is 1. The molecule has 18 heavy (non-hydrogen) atoms. The summed E-state index contributed by atoms with van der Waals surface area (Å²) in [6.45, 7) is 0. The molecule has 0 aliphatic heterocycles. The highest BCUT2D eigenvalue weighted by Crippen LogP contribution is 2.01. The van der Waals surface area contributed by atoms with Crippen molar-refractivity contribution < 1.29 is 19.5 Å². The van der Waals surface area contributed by atoms with Gasteiger partial charge >= 0.3 is 5.97 Å². The van der Waals surface area contributed by atoms with Crippen LogP contribution in [0, 0.1) is 0 Å². The average Bonchev–Trinajstić information content (AvgIpc) is 2.30. The first-order valence-corrected chi connectivity index (χ1v) is 6.83. The summed E-state index contributed by atoms with van der Waals surface area (Å²) in [6.07, 6.45) is 2.22. The predicted molar refractivity (Wildman–Crippen MR) is 69.0 cm³/mol. The number of hydrogen-bond acceptors (Lipinski definition) is 5. The number of aliphatic carboxylic acids is 1. The molecule has 0 saturated carbocycles. The number of carbonyl (C=O) groups excluding carboxylic acids is 2. The SMILES string of the molecule is CSCC[C@@H](N)C(=O)N[C@@H](CCC(N)=O)C(=O)O. The van der Waals surface area contributed by atoms with Crippen LogP contribution in [-0.2, 0) is 14.4 Å². The second-order valence-corrected chi connectivity index (χ2v) is 4.78. The summed E-state index contributed by atoms with van der Waals surface area (Å²) < 4.78 is 0. The quantitative estimate of drug-likeness (QED) is 0.422. The Morgan fingerprint density at radius 2 is 1.94 bits per heavy atom. The topological polar surface area (TPSA) is 136 Å². The number of carboxylic acids is 1. The van der Waals surface area contributed by atoms with E-state index in [1.165, 1.54) is 0 Å². The van der Waals surface area contributed by atoms with E-state index in [0.29, 0.717) is 12.2 Å². The van der Waals surface area contributed by atoms with Crippen molar-refractivity contribution in [2.24, 2.45) is 11.5 Å². The Bertz CT molecular complexity index is 311. The van der Waals surface area contributed by atoms with Gasteiger partial charge in [-0.3, -0.25) is 9.59 Å². The third kappa shape index (κ3) is 7.13. The zero-order valence-electron chi connectivity index (χ0n) is 10.2. The van der Waals surface area contributed by atoms with Crippen LogP contribution < -0.4 is 16.8 Å². The maximum absolute atomic E-state index is 11.6. The van der Waals surface area contributed by atoms with Crippen LogP contribution in [0.25, 0.3) is 0 Å². The van der Waals surface area contributed by atoms with Gasteiger partial charge in [0, 0.05) is 6.42 Å². The molecule has 0 unspecified atom stereocenters. The van der Waals surface area contributed by atoms with Gasteiger partial charge in [-0.05, 0) is 24.9 Å². The highest BCUT2D eigenvalue weighted by molar-refractivity contribution is 7.98. The van der Waals surface area contributed by atoms with E-state index < -0.39 is 29.9 Å². The molecule has 2 atom stereocenters. The van der Waals surface area contributed by atoms with Gasteiger partial charge < -0.3 is 21.9 Å². The smallest absolute Gasteiger partial charge is 0.326 e. The molecule has 0 saturated heterocycles. The number of hydrogen-bond donors (Lipinski definition) is 4. The zero-order chi connectivity index (χ0) is 14.1. The molecule has 0 spiro atoms. The van der Waals surface area contributed by atoms with Crippen molar-refractivity contribution >= 4 is 29.5 Å². The van der Waals surface area contributed by atoms with Gasteiger partial charge in [0.25, 0.3) is 0 Å². The lowest BCUT2D eigenvalue weighted by Gasteiger charge is -2.17. The van der Waals surface area contributed by atoms with E-state index >= 15 is 0 Å². The average molecular weight is 277 g/mol. The summed E-state index contributed by atoms with van der Waals surface area (Å²) >= 11 is 1.55. The zero-order valence-corrected chi connectivity index (χ0v) is 11.0. The summed E-state index contributed by atoms with van der Waals surface area (Å²) in [5, 5.41) is 11.2. The van der Waals surface area contributed by atoms with Crippen molar-refractivity contribution in [2.75, 3.05) is 12.0 Å². The third-order valence-electron chi connectivity index (χ3n) is 2.26. The first kappa shape index (κ1) is 16.7. The maximum Gasteiger partial charge on any atom is 0.326 e. The number of rotatable bonds is 9. The number of amides is 2. The van der Waals surface area contributed by atoms with E-state index in [1.54, 1.807) is 11.8 Å². The van der Waals surface area contributed by atoms with Crippen molar-refractivity contribution in [2.45, 2.75) is 31.3 Å². The molecular weight excluding hydrogens is 258 g/mol. The fourth-order valence-corrected chi connectivity index (χ4v) is 1.69. The van der Waals surface area contributed by atoms with Crippen molar-refractivity contribution in [3.05, 3.63) is 0 Å². The van der Waals surface area contributed by atoms with Crippen LogP contribution in [0.2, 0.25) is 0 Å². The van der Waals surface area contributed by atoms with E-state index in [-0.39, 0.29) is 12.8 Å². The molecular formula is C10H19N3O4S. The number of thioether (sulfide) groups is 1. The Morgan fingerprint density at radius 1 is 1.33 bits per heavy atom. The largest absolute Gasteiger partial charge is 0.480 e. The van der Waals surface area contributed by atoms with Gasteiger partial charge in [-0.2, -0.15) is 11.8 Å². The van der Waals surface area contributed by atoms with Crippen LogP contribution in [0.4, 0.5) is 0 Å². The minimum Gasteiger partial charge on any atom is -0.480 e. The minimum absolute atomic E-state index is 0.0361. The maximum atomic E-state index is 11.6. The van der Waals surface area contributed by atoms with Crippen molar-refractivity contribution in [3.63, 3.8) is 0 Å². The summed E-state index contributed by atoms with van der Waals surface area (Å²) in [5.41, 5.74) is 10.5. The normalized spacial score (nSPS) is 13.7. The first-order valence-electron chi connectivity index (χ1n) is 5.44. The fourth-order valence-electron chi connectivity index (χ4n) is 1.20. The molecule has 0 aromatic rings. The predicted octanol–water partition coefficient (Wildman–Crippen LogP) is -1.10. The standard InChI is InChI=1S/C10H19N3O4S/c1-18-5-4-6(11)9(15)13-7(10(16)17)2-3-8(12)14/h6-7H,2-5,11H2,1H3,(H2,12,14)(H,13,15)(H,16,17)/t6-,7+/m1/s1. The van der Waals surface area contributed by atoms with Crippen LogP contribution in [0.15, 0.2) is 0 Å². The molecule has 0 aliphatic carbocycles. The molecule has 8 heteroatoms. The molecule has 6 N–H and O–H groups in total. The lowest BCUT2D eigenvalue weighted by molar-refractivity contribution is -0.142. The molecule has 0 heterocycles. The fraction of sp³-hybridized carbons (Fsp3) is 0.700. The monoisotopic (exact) mass is 277 g/mol. The third-order valence-corrected chi connectivity index (χ3v) is 2.91. The lowest BCUT2D eigenvalue weighted by Crippen LogP contribution is -2.48. The Hall–Kier alpha value is -1.28. The van der Waals surface area contributed by atoms with Crippen molar-refractivity contribution in [1.82, 2.24) is 5.32 Å². The highest BCUT2D eigenvalue weighted by atomic mass is 32.2. The second kappa shape index (κ2) is 8.76. The van der Waals surface area contributed by atoms with E-state index in [0.717, 1.165) is 0 Å². The Balaban J connectivity index is 4.26. The van der Waals surface area contributed by atoms with Gasteiger partial charge in [-0.1, -0.05) is 0 Å². The van der Waals surface area contributed by atoms with Crippen LogP contribution in [0.5, 0.6) is 0 Å². The Morgan fingerprint density at radius 3 is 2.39 bits per heavy atom. The molecule has 0 bridgehead atoms. The van der Waals surface area contributed by atoms with Crippen LogP contribution in [0.3, 0.4) is 0 Å². The molecule has 104 valence electrons. The van der Waals surface area contributed by atoms with Crippen LogP contribution in [0.1, 0.15) is 19.3 Å². The van der Waals surface area contributed by atoms with E-state index in [1.807, 2.05) is 6.26 Å². The molecule has 0 aromatic heterocycles. The van der Waals surface area contributed by atoms with E-state index in [4.69, 9.17) is 16.6 Å². The summed E-state index contributed by atoms with van der Waals surface area (Å²) in [6, 6.07) is -1.88. The highest BCUT2D eigenvalue weighted by Gasteiger charge is 2.23. The molecule has 7 nitrogen and oxygen atoms in total. The lowest BCUT2D eigenvalue weighted by atomic mass is 10.1. The molecule has 2 amide bonds. The van der Waals surface area contributed by atoms with Gasteiger partial charge in [0.05, 0.1) is 6.04 Å². The van der Waals surface area contributed by atoms with Gasteiger partial charge in [0.15, 0.2) is 0 Å². The number of carbonyl (C=O) groups is 3. The van der Waals surface area contributed by atoms with Gasteiger partial charge in [-0.25, -0.2) is 4.79 Å². The summed E-state index contributed by atoms with van der Waals surface area (Å²) in [4.78, 5) is 33.0. The van der Waals surface area contributed by atoms with Crippen molar-refractivity contribution in [1.29, 1.82) is 0 Å². The Kier molecular flexibility index (Phi) is 8.14. The van der Waals surface area contributed by atoms with Gasteiger partial charge in [-0.15, -0.1) is 0 Å². The Labute approximate surface area is 110 Å². The van der Waals surface area contributed by atoms with Gasteiger partial charge in [0.1, 0.15) is 6.04 Å². The van der Waals surface area contributed by atoms with Crippen LogP contribution in [-0.4, -0.2) is 47.0 Å². The number of primary amides is 1. The van der Waals surface area contributed by atoms with Crippen LogP contribution >= 0.6 is 11.8 Å². The number of nitrogens with one attached hydrogen (secondary N) is 1.